The van der Waals surface area contributed by atoms with Gasteiger partial charge in [0.2, 0.25) is 5.88 Å². The number of hydrogen-bond donors (Lipinski definition) is 1. The third-order valence-corrected chi connectivity index (χ3v) is 3.81. The fraction of sp³-hybridized carbons (Fsp3) is 0.0909. The molecular formula is C11H8BrIN2O2. The molecule has 0 aliphatic carbocycles. The van der Waals surface area contributed by atoms with Gasteiger partial charge in [-0.2, -0.15) is 0 Å². The van der Waals surface area contributed by atoms with E-state index in [2.05, 4.69) is 25.9 Å². The van der Waals surface area contributed by atoms with Gasteiger partial charge in [0.05, 0.1) is 6.33 Å². The first-order chi connectivity index (χ1) is 8.18. The SMILES string of the molecule is O=c1[nH]cnc(OCc2ccccc2Br)c1I. The zero-order valence-electron chi connectivity index (χ0n) is 8.61. The Balaban J connectivity index is 2.16. The first-order valence-electron chi connectivity index (χ1n) is 4.78. The Bertz CT molecular complexity index is 586. The highest BCUT2D eigenvalue weighted by Crippen LogP contribution is 2.19. The first kappa shape index (κ1) is 12.6. The molecule has 0 radical (unpaired) electrons. The number of H-pyrrole nitrogens is 1. The molecule has 0 saturated heterocycles. The van der Waals surface area contributed by atoms with Crippen molar-refractivity contribution >= 4 is 38.5 Å². The van der Waals surface area contributed by atoms with Crippen LogP contribution in [0.5, 0.6) is 5.88 Å². The number of halogens is 2. The Labute approximate surface area is 120 Å². The van der Waals surface area contributed by atoms with Crippen molar-refractivity contribution in [3.8, 4) is 5.88 Å². The average molecular weight is 407 g/mol. The van der Waals surface area contributed by atoms with E-state index in [1.165, 1.54) is 6.33 Å². The van der Waals surface area contributed by atoms with Crippen LogP contribution in [0.4, 0.5) is 0 Å². The third kappa shape index (κ3) is 3.06. The Hall–Kier alpha value is -0.890. The van der Waals surface area contributed by atoms with Gasteiger partial charge in [-0.15, -0.1) is 0 Å². The molecule has 1 heterocycles. The third-order valence-electron chi connectivity index (χ3n) is 2.09. The Morgan fingerprint density at radius 1 is 1.41 bits per heavy atom. The number of aromatic amines is 1. The van der Waals surface area contributed by atoms with E-state index in [-0.39, 0.29) is 5.56 Å². The summed E-state index contributed by atoms with van der Waals surface area (Å²) < 4.78 is 6.94. The quantitative estimate of drug-likeness (QED) is 0.797. The van der Waals surface area contributed by atoms with Crippen LogP contribution in [0.3, 0.4) is 0 Å². The molecule has 17 heavy (non-hydrogen) atoms. The smallest absolute Gasteiger partial charge is 0.268 e. The van der Waals surface area contributed by atoms with Crippen LogP contribution in [0.25, 0.3) is 0 Å². The molecule has 4 nitrogen and oxygen atoms in total. The van der Waals surface area contributed by atoms with Crippen LogP contribution < -0.4 is 10.3 Å². The van der Waals surface area contributed by atoms with Gasteiger partial charge >= 0.3 is 0 Å². The lowest BCUT2D eigenvalue weighted by Gasteiger charge is -2.07. The number of hydrogen-bond acceptors (Lipinski definition) is 3. The average Bonchev–Trinajstić information content (AvgIpc) is 2.33. The van der Waals surface area contributed by atoms with E-state index in [0.29, 0.717) is 16.1 Å². The molecule has 0 bridgehead atoms. The van der Waals surface area contributed by atoms with Crippen molar-refractivity contribution < 1.29 is 4.74 Å². The second kappa shape index (κ2) is 5.63. The summed E-state index contributed by atoms with van der Waals surface area (Å²) in [6, 6.07) is 7.75. The molecule has 1 aromatic heterocycles. The van der Waals surface area contributed by atoms with Crippen LogP contribution in [0.15, 0.2) is 39.9 Å². The minimum absolute atomic E-state index is 0.192. The van der Waals surface area contributed by atoms with Crippen molar-refractivity contribution in [1.29, 1.82) is 0 Å². The highest BCUT2D eigenvalue weighted by molar-refractivity contribution is 14.1. The summed E-state index contributed by atoms with van der Waals surface area (Å²) in [6.07, 6.45) is 1.33. The van der Waals surface area contributed by atoms with Gasteiger partial charge in [0.25, 0.3) is 5.56 Å². The van der Waals surface area contributed by atoms with Crippen LogP contribution in [0.1, 0.15) is 5.56 Å². The molecule has 0 amide bonds. The summed E-state index contributed by atoms with van der Waals surface area (Å²) in [7, 11) is 0. The Morgan fingerprint density at radius 2 is 2.18 bits per heavy atom. The monoisotopic (exact) mass is 406 g/mol. The fourth-order valence-corrected chi connectivity index (χ4v) is 2.08. The molecule has 6 heteroatoms. The molecule has 1 N–H and O–H groups in total. The lowest BCUT2D eigenvalue weighted by molar-refractivity contribution is 0.289. The topological polar surface area (TPSA) is 55.0 Å². The number of nitrogens with zero attached hydrogens (tertiary/aromatic N) is 1. The standard InChI is InChI=1S/C11H8BrIN2O2/c12-8-4-2-1-3-7(8)5-17-11-9(13)10(16)14-6-15-11/h1-4,6H,5H2,(H,14,15,16). The molecule has 0 atom stereocenters. The maximum atomic E-state index is 11.3. The van der Waals surface area contributed by atoms with Gasteiger partial charge in [-0.1, -0.05) is 34.1 Å². The maximum absolute atomic E-state index is 11.3. The lowest BCUT2D eigenvalue weighted by Crippen LogP contribution is -2.12. The highest BCUT2D eigenvalue weighted by Gasteiger charge is 2.07. The Morgan fingerprint density at radius 3 is 2.94 bits per heavy atom. The number of benzene rings is 1. The summed E-state index contributed by atoms with van der Waals surface area (Å²) in [5, 5.41) is 0. The van der Waals surface area contributed by atoms with Crippen molar-refractivity contribution in [2.24, 2.45) is 0 Å². The number of nitrogens with one attached hydrogen (secondary N) is 1. The number of ether oxygens (including phenoxy) is 1. The van der Waals surface area contributed by atoms with Gasteiger partial charge in [-0.25, -0.2) is 4.98 Å². The normalized spacial score (nSPS) is 10.2. The summed E-state index contributed by atoms with van der Waals surface area (Å²) in [6.45, 7) is 0.369. The molecule has 1 aromatic carbocycles. The van der Waals surface area contributed by atoms with Gasteiger partial charge in [0, 0.05) is 10.0 Å². The summed E-state index contributed by atoms with van der Waals surface area (Å²) in [4.78, 5) is 17.8. The molecule has 0 spiro atoms. The van der Waals surface area contributed by atoms with Gasteiger partial charge < -0.3 is 9.72 Å². The number of rotatable bonds is 3. The summed E-state index contributed by atoms with van der Waals surface area (Å²) >= 11 is 5.35. The predicted octanol–water partition coefficient (Wildman–Crippen LogP) is 2.72. The van der Waals surface area contributed by atoms with E-state index in [4.69, 9.17) is 4.74 Å². The number of aromatic nitrogens is 2. The summed E-state index contributed by atoms with van der Waals surface area (Å²) in [5.41, 5.74) is 0.813. The molecule has 0 unspecified atom stereocenters. The Kier molecular flexibility index (Phi) is 4.16. The van der Waals surface area contributed by atoms with E-state index in [0.717, 1.165) is 10.0 Å². The molecule has 2 aromatic rings. The summed E-state index contributed by atoms with van der Waals surface area (Å²) in [5.74, 6) is 0.352. The largest absolute Gasteiger partial charge is 0.472 e. The van der Waals surface area contributed by atoms with Crippen LogP contribution >= 0.6 is 38.5 Å². The minimum Gasteiger partial charge on any atom is -0.472 e. The van der Waals surface area contributed by atoms with E-state index in [9.17, 15) is 4.79 Å². The molecule has 0 aliphatic rings. The van der Waals surface area contributed by atoms with E-state index >= 15 is 0 Å². The molecule has 88 valence electrons. The van der Waals surface area contributed by atoms with Crippen LogP contribution in [-0.2, 0) is 6.61 Å². The zero-order valence-corrected chi connectivity index (χ0v) is 12.4. The van der Waals surface area contributed by atoms with Crippen molar-refractivity contribution in [1.82, 2.24) is 9.97 Å². The van der Waals surface area contributed by atoms with Crippen molar-refractivity contribution in [2.45, 2.75) is 6.61 Å². The van der Waals surface area contributed by atoms with Gasteiger partial charge in [-0.3, -0.25) is 4.79 Å². The molecule has 0 fully saturated rings. The molecular weight excluding hydrogens is 399 g/mol. The van der Waals surface area contributed by atoms with Gasteiger partial charge in [0.1, 0.15) is 10.2 Å². The second-order valence-corrected chi connectivity index (χ2v) is 5.16. The van der Waals surface area contributed by atoms with E-state index < -0.39 is 0 Å². The lowest BCUT2D eigenvalue weighted by atomic mass is 10.2. The van der Waals surface area contributed by atoms with Crippen LogP contribution in [0, 0.1) is 3.57 Å². The molecule has 2 rings (SSSR count). The van der Waals surface area contributed by atoms with Crippen LogP contribution in [0.2, 0.25) is 0 Å². The molecule has 0 aliphatic heterocycles. The zero-order chi connectivity index (χ0) is 12.3. The van der Waals surface area contributed by atoms with Crippen molar-refractivity contribution in [2.75, 3.05) is 0 Å². The second-order valence-electron chi connectivity index (χ2n) is 3.23. The van der Waals surface area contributed by atoms with Crippen molar-refractivity contribution in [3.63, 3.8) is 0 Å². The fourth-order valence-electron chi connectivity index (χ4n) is 1.23. The van der Waals surface area contributed by atoms with E-state index in [1.54, 1.807) is 0 Å². The van der Waals surface area contributed by atoms with E-state index in [1.807, 2.05) is 46.9 Å². The van der Waals surface area contributed by atoms with Gasteiger partial charge in [0.15, 0.2) is 0 Å². The van der Waals surface area contributed by atoms with Gasteiger partial charge in [-0.05, 0) is 28.7 Å². The highest BCUT2D eigenvalue weighted by atomic mass is 127. The predicted molar refractivity (Wildman–Crippen MR) is 76.0 cm³/mol. The minimum atomic E-state index is -0.192. The van der Waals surface area contributed by atoms with Crippen LogP contribution in [-0.4, -0.2) is 9.97 Å². The molecule has 0 saturated carbocycles. The maximum Gasteiger partial charge on any atom is 0.268 e. The first-order valence-corrected chi connectivity index (χ1v) is 6.65. The van der Waals surface area contributed by atoms with Crippen molar-refractivity contribution in [3.05, 3.63) is 54.6 Å².